The summed E-state index contributed by atoms with van der Waals surface area (Å²) in [7, 11) is 0. The molecule has 1 aromatic carbocycles. The highest BCUT2D eigenvalue weighted by atomic mass is 79.9. The van der Waals surface area contributed by atoms with Crippen LogP contribution in [0.25, 0.3) is 0 Å². The van der Waals surface area contributed by atoms with Crippen molar-refractivity contribution in [3.8, 4) is 0 Å². The second-order valence-electron chi connectivity index (χ2n) is 3.16. The predicted molar refractivity (Wildman–Crippen MR) is 59.8 cm³/mol. The minimum Gasteiger partial charge on any atom is -0.369 e. The summed E-state index contributed by atoms with van der Waals surface area (Å²) in [4.78, 5) is 3.89. The molecule has 1 heterocycles. The summed E-state index contributed by atoms with van der Waals surface area (Å²) in [5.74, 6) is 0.157. The first-order chi connectivity index (χ1) is 7.16. The van der Waals surface area contributed by atoms with Crippen LogP contribution in [0.15, 0.2) is 35.1 Å². The van der Waals surface area contributed by atoms with Crippen molar-refractivity contribution >= 4 is 21.9 Å². The zero-order chi connectivity index (χ0) is 10.8. The molecule has 0 bridgehead atoms. The zero-order valence-electron chi connectivity index (χ0n) is 7.82. The van der Waals surface area contributed by atoms with Crippen LogP contribution in [-0.4, -0.2) is 9.55 Å². The van der Waals surface area contributed by atoms with Crippen molar-refractivity contribution in [1.29, 1.82) is 0 Å². The van der Waals surface area contributed by atoms with Gasteiger partial charge >= 0.3 is 0 Å². The Morgan fingerprint density at radius 1 is 1.47 bits per heavy atom. The monoisotopic (exact) mass is 269 g/mol. The van der Waals surface area contributed by atoms with E-state index >= 15 is 0 Å². The smallest absolute Gasteiger partial charge is 0.200 e. The summed E-state index contributed by atoms with van der Waals surface area (Å²) in [6, 6.07) is 4.99. The average molecular weight is 270 g/mol. The molecule has 15 heavy (non-hydrogen) atoms. The molecule has 0 saturated carbocycles. The van der Waals surface area contributed by atoms with E-state index in [4.69, 9.17) is 5.73 Å². The van der Waals surface area contributed by atoms with Gasteiger partial charge in [0.25, 0.3) is 0 Å². The van der Waals surface area contributed by atoms with Crippen LogP contribution in [-0.2, 0) is 6.54 Å². The van der Waals surface area contributed by atoms with Gasteiger partial charge in [-0.15, -0.1) is 0 Å². The molecule has 0 fully saturated rings. The lowest BCUT2D eigenvalue weighted by Crippen LogP contribution is -2.03. The van der Waals surface area contributed by atoms with Gasteiger partial charge in [-0.2, -0.15) is 0 Å². The molecule has 0 saturated heterocycles. The maximum Gasteiger partial charge on any atom is 0.200 e. The van der Waals surface area contributed by atoms with E-state index in [0.29, 0.717) is 17.0 Å². The molecule has 0 aliphatic carbocycles. The fourth-order valence-corrected chi connectivity index (χ4v) is 1.56. The number of nitrogens with zero attached hydrogens (tertiary/aromatic N) is 2. The zero-order valence-corrected chi connectivity index (χ0v) is 9.41. The van der Waals surface area contributed by atoms with E-state index in [2.05, 4.69) is 20.9 Å². The van der Waals surface area contributed by atoms with Crippen LogP contribution < -0.4 is 5.73 Å². The Kier molecular flexibility index (Phi) is 2.73. The fourth-order valence-electron chi connectivity index (χ4n) is 1.31. The van der Waals surface area contributed by atoms with E-state index in [-0.39, 0.29) is 5.82 Å². The fraction of sp³-hybridized carbons (Fsp3) is 0.100. The molecule has 3 nitrogen and oxygen atoms in total. The van der Waals surface area contributed by atoms with E-state index in [1.807, 2.05) is 6.07 Å². The van der Waals surface area contributed by atoms with Crippen molar-refractivity contribution < 1.29 is 4.39 Å². The lowest BCUT2D eigenvalue weighted by atomic mass is 10.2. The summed E-state index contributed by atoms with van der Waals surface area (Å²) in [6.07, 6.45) is 3.37. The number of aromatic nitrogens is 2. The number of hydrogen-bond donors (Lipinski definition) is 1. The molecule has 0 amide bonds. The van der Waals surface area contributed by atoms with Crippen LogP contribution >= 0.6 is 15.9 Å². The van der Waals surface area contributed by atoms with Crippen molar-refractivity contribution in [2.45, 2.75) is 6.54 Å². The van der Waals surface area contributed by atoms with Gasteiger partial charge in [-0.05, 0) is 33.6 Å². The van der Waals surface area contributed by atoms with Crippen molar-refractivity contribution in [2.24, 2.45) is 0 Å². The van der Waals surface area contributed by atoms with Gasteiger partial charge in [0.05, 0.1) is 11.0 Å². The third-order valence-corrected chi connectivity index (χ3v) is 2.73. The molecular formula is C10H9BrFN3. The molecule has 0 aliphatic heterocycles. The van der Waals surface area contributed by atoms with Gasteiger partial charge < -0.3 is 10.3 Å². The van der Waals surface area contributed by atoms with Crippen molar-refractivity contribution in [3.05, 3.63) is 46.4 Å². The molecule has 5 heteroatoms. The first kappa shape index (κ1) is 10.2. The molecule has 1 aromatic heterocycles. The number of imidazole rings is 1. The molecule has 2 aromatic rings. The summed E-state index contributed by atoms with van der Waals surface area (Å²) in [6.45, 7) is 0.524. The highest BCUT2D eigenvalue weighted by Gasteiger charge is 2.03. The van der Waals surface area contributed by atoms with Crippen LogP contribution in [0, 0.1) is 5.82 Å². The van der Waals surface area contributed by atoms with Crippen LogP contribution in [0.5, 0.6) is 0 Å². The second kappa shape index (κ2) is 4.02. The van der Waals surface area contributed by atoms with E-state index in [1.165, 1.54) is 6.07 Å². The SMILES string of the molecule is Nc1nccn1Cc1ccc(Br)c(F)c1. The number of anilines is 1. The predicted octanol–water partition coefficient (Wildman–Crippen LogP) is 2.42. The van der Waals surface area contributed by atoms with E-state index < -0.39 is 0 Å². The van der Waals surface area contributed by atoms with Crippen LogP contribution in [0.2, 0.25) is 0 Å². The van der Waals surface area contributed by atoms with Crippen molar-refractivity contribution in [1.82, 2.24) is 9.55 Å². The highest BCUT2D eigenvalue weighted by Crippen LogP contribution is 2.17. The van der Waals surface area contributed by atoms with E-state index in [1.54, 1.807) is 23.0 Å². The number of nitrogens with two attached hydrogens (primary N) is 1. The number of benzene rings is 1. The summed E-state index contributed by atoms with van der Waals surface area (Å²) in [5.41, 5.74) is 6.45. The topological polar surface area (TPSA) is 43.8 Å². The first-order valence-electron chi connectivity index (χ1n) is 4.37. The molecular weight excluding hydrogens is 261 g/mol. The minimum atomic E-state index is -0.272. The number of halogens is 2. The Bertz CT molecular complexity index is 481. The number of nitrogen functional groups attached to an aromatic ring is 1. The Balaban J connectivity index is 2.25. The largest absolute Gasteiger partial charge is 0.369 e. The van der Waals surface area contributed by atoms with Crippen molar-refractivity contribution in [2.75, 3.05) is 5.73 Å². The normalized spacial score (nSPS) is 10.5. The third kappa shape index (κ3) is 2.18. The lowest BCUT2D eigenvalue weighted by molar-refractivity contribution is 0.617. The maximum atomic E-state index is 13.2. The van der Waals surface area contributed by atoms with E-state index in [0.717, 1.165) is 5.56 Å². The molecule has 78 valence electrons. The van der Waals surface area contributed by atoms with Gasteiger partial charge in [-0.25, -0.2) is 9.37 Å². The third-order valence-electron chi connectivity index (χ3n) is 2.08. The van der Waals surface area contributed by atoms with Gasteiger partial charge in [0, 0.05) is 12.4 Å². The van der Waals surface area contributed by atoms with Gasteiger partial charge in [0.15, 0.2) is 5.95 Å². The molecule has 2 rings (SSSR count). The second-order valence-corrected chi connectivity index (χ2v) is 4.02. The molecule has 0 radical (unpaired) electrons. The van der Waals surface area contributed by atoms with Gasteiger partial charge in [-0.1, -0.05) is 6.07 Å². The van der Waals surface area contributed by atoms with Gasteiger partial charge in [-0.3, -0.25) is 0 Å². The summed E-state index contributed by atoms with van der Waals surface area (Å²) in [5, 5.41) is 0. The maximum absolute atomic E-state index is 13.2. The van der Waals surface area contributed by atoms with Crippen LogP contribution in [0.1, 0.15) is 5.56 Å². The molecule has 0 atom stereocenters. The molecule has 0 aliphatic rings. The molecule has 0 unspecified atom stereocenters. The summed E-state index contributed by atoms with van der Waals surface area (Å²) >= 11 is 3.10. The standard InChI is InChI=1S/C10H9BrFN3/c11-8-2-1-7(5-9(8)12)6-15-4-3-14-10(15)13/h1-5H,6H2,(H2,13,14). The Labute approximate surface area is 94.9 Å². The number of rotatable bonds is 2. The minimum absolute atomic E-state index is 0.272. The quantitative estimate of drug-likeness (QED) is 0.910. The van der Waals surface area contributed by atoms with Crippen molar-refractivity contribution in [3.63, 3.8) is 0 Å². The number of hydrogen-bond acceptors (Lipinski definition) is 2. The average Bonchev–Trinajstić information content (AvgIpc) is 2.59. The first-order valence-corrected chi connectivity index (χ1v) is 5.16. The van der Waals surface area contributed by atoms with E-state index in [9.17, 15) is 4.39 Å². The van der Waals surface area contributed by atoms with Crippen LogP contribution in [0.3, 0.4) is 0 Å². The Morgan fingerprint density at radius 3 is 2.87 bits per heavy atom. The van der Waals surface area contributed by atoms with Gasteiger partial charge in [0.2, 0.25) is 0 Å². The molecule has 0 spiro atoms. The van der Waals surface area contributed by atoms with Gasteiger partial charge in [0.1, 0.15) is 5.82 Å². The molecule has 2 N–H and O–H groups in total. The van der Waals surface area contributed by atoms with Crippen LogP contribution in [0.4, 0.5) is 10.3 Å². The Morgan fingerprint density at radius 2 is 2.27 bits per heavy atom. The Hall–Kier alpha value is -1.36. The summed E-state index contributed by atoms with van der Waals surface area (Å²) < 4.78 is 15.4. The highest BCUT2D eigenvalue weighted by molar-refractivity contribution is 9.10. The lowest BCUT2D eigenvalue weighted by Gasteiger charge is -2.05.